The molecule has 3 rings (SSSR count). The summed E-state index contributed by atoms with van der Waals surface area (Å²) >= 11 is 0. The second-order valence-corrected chi connectivity index (χ2v) is 7.24. The highest BCUT2D eigenvalue weighted by Crippen LogP contribution is 2.26. The molecule has 0 spiro atoms. The van der Waals surface area contributed by atoms with E-state index in [1.54, 1.807) is 0 Å². The smallest absolute Gasteiger partial charge is 0.257 e. The zero-order chi connectivity index (χ0) is 18.5. The number of aromatic nitrogens is 2. The van der Waals surface area contributed by atoms with Gasteiger partial charge in [-0.25, -0.2) is 0 Å². The number of benzene rings is 1. The van der Waals surface area contributed by atoms with Crippen molar-refractivity contribution in [2.45, 2.75) is 46.5 Å². The van der Waals surface area contributed by atoms with Gasteiger partial charge >= 0.3 is 0 Å². The van der Waals surface area contributed by atoms with Gasteiger partial charge < -0.3 is 15.2 Å². The van der Waals surface area contributed by atoms with Crippen molar-refractivity contribution < 1.29 is 9.32 Å². The molecule has 140 valence electrons. The fraction of sp³-hybridized carbons (Fsp3) is 0.550. The van der Waals surface area contributed by atoms with E-state index in [0.717, 1.165) is 36.3 Å². The number of aryl methyl sites for hydroxylation is 2. The Hall–Kier alpha value is -2.21. The molecule has 6 nitrogen and oxygen atoms in total. The minimum Gasteiger partial charge on any atom is -0.334 e. The van der Waals surface area contributed by atoms with Crippen molar-refractivity contribution in [3.63, 3.8) is 0 Å². The third-order valence-electron chi connectivity index (χ3n) is 5.19. The first-order valence-electron chi connectivity index (χ1n) is 9.51. The first-order chi connectivity index (χ1) is 12.6. The summed E-state index contributed by atoms with van der Waals surface area (Å²) < 4.78 is 5.30. The summed E-state index contributed by atoms with van der Waals surface area (Å²) in [6.45, 7) is 8.25. The minimum absolute atomic E-state index is 0.0584. The van der Waals surface area contributed by atoms with Crippen molar-refractivity contribution in [3.05, 3.63) is 29.6 Å². The first kappa shape index (κ1) is 18.6. The molecule has 2 N–H and O–H groups in total. The Morgan fingerprint density at radius 3 is 3.00 bits per heavy atom. The summed E-state index contributed by atoms with van der Waals surface area (Å²) in [6.07, 6.45) is 3.66. The van der Waals surface area contributed by atoms with Gasteiger partial charge in [0, 0.05) is 24.1 Å². The summed E-state index contributed by atoms with van der Waals surface area (Å²) in [5.41, 5.74) is 2.64. The average Bonchev–Trinajstić information content (AvgIpc) is 3.13. The molecule has 1 aliphatic rings. The predicted octanol–water partition coefficient (Wildman–Crippen LogP) is 3.57. The van der Waals surface area contributed by atoms with Gasteiger partial charge in [0.15, 0.2) is 5.82 Å². The first-order valence-corrected chi connectivity index (χ1v) is 9.51. The molecule has 26 heavy (non-hydrogen) atoms. The van der Waals surface area contributed by atoms with Crippen LogP contribution in [0.25, 0.3) is 11.5 Å². The number of anilines is 1. The molecule has 1 fully saturated rings. The van der Waals surface area contributed by atoms with Crippen LogP contribution in [0.5, 0.6) is 0 Å². The van der Waals surface area contributed by atoms with E-state index < -0.39 is 0 Å². The van der Waals surface area contributed by atoms with Gasteiger partial charge in [0.25, 0.3) is 5.89 Å². The van der Waals surface area contributed by atoms with Gasteiger partial charge in [-0.15, -0.1) is 0 Å². The maximum atomic E-state index is 12.5. The zero-order valence-electron chi connectivity index (χ0n) is 15.8. The lowest BCUT2D eigenvalue weighted by molar-refractivity contribution is -0.117. The van der Waals surface area contributed by atoms with Crippen molar-refractivity contribution in [1.82, 2.24) is 15.5 Å². The normalized spacial score (nSPS) is 18.5. The molecule has 2 unspecified atom stereocenters. The van der Waals surface area contributed by atoms with Crippen LogP contribution in [0.4, 0.5) is 5.69 Å². The van der Waals surface area contributed by atoms with E-state index in [0.29, 0.717) is 30.0 Å². The zero-order valence-corrected chi connectivity index (χ0v) is 15.8. The Kier molecular flexibility index (Phi) is 6.04. The van der Waals surface area contributed by atoms with Gasteiger partial charge in [-0.05, 0) is 62.4 Å². The van der Waals surface area contributed by atoms with E-state index in [-0.39, 0.29) is 5.91 Å². The molecular formula is C20H28N4O2. The number of carbonyl (C=O) groups excluding carboxylic acids is 1. The van der Waals surface area contributed by atoms with Crippen molar-refractivity contribution >= 4 is 11.6 Å². The number of nitrogens with zero attached hydrogens (tertiary/aromatic N) is 2. The van der Waals surface area contributed by atoms with Gasteiger partial charge in [-0.3, -0.25) is 4.79 Å². The fourth-order valence-corrected chi connectivity index (χ4v) is 3.43. The number of amides is 1. The lowest BCUT2D eigenvalue weighted by atomic mass is 9.85. The van der Waals surface area contributed by atoms with Crippen molar-refractivity contribution in [3.8, 4) is 11.5 Å². The van der Waals surface area contributed by atoms with Crippen LogP contribution >= 0.6 is 0 Å². The molecular weight excluding hydrogens is 328 g/mol. The Morgan fingerprint density at radius 2 is 2.31 bits per heavy atom. The molecule has 0 radical (unpaired) electrons. The monoisotopic (exact) mass is 356 g/mol. The molecule has 1 aromatic carbocycles. The number of rotatable bonds is 6. The SMILES string of the molecule is CCc1noc(-c2ccc(C)c(NC(=O)CC(C)C3CCCNC3)c2)n1. The van der Waals surface area contributed by atoms with Gasteiger partial charge in [0.1, 0.15) is 0 Å². The van der Waals surface area contributed by atoms with E-state index in [1.165, 1.54) is 12.8 Å². The molecule has 1 amide bonds. The van der Waals surface area contributed by atoms with Crippen LogP contribution < -0.4 is 10.6 Å². The number of nitrogens with one attached hydrogen (secondary N) is 2. The highest BCUT2D eigenvalue weighted by atomic mass is 16.5. The summed E-state index contributed by atoms with van der Waals surface area (Å²) in [7, 11) is 0. The van der Waals surface area contributed by atoms with E-state index in [2.05, 4.69) is 27.7 Å². The summed E-state index contributed by atoms with van der Waals surface area (Å²) in [4.78, 5) is 16.9. The summed E-state index contributed by atoms with van der Waals surface area (Å²) in [5, 5.41) is 10.4. The topological polar surface area (TPSA) is 80.0 Å². The molecule has 6 heteroatoms. The number of hydrogen-bond acceptors (Lipinski definition) is 5. The molecule has 1 aliphatic heterocycles. The second kappa shape index (κ2) is 8.45. The highest BCUT2D eigenvalue weighted by Gasteiger charge is 2.22. The predicted molar refractivity (Wildman–Crippen MR) is 102 cm³/mol. The van der Waals surface area contributed by atoms with Crippen LogP contribution in [-0.2, 0) is 11.2 Å². The van der Waals surface area contributed by atoms with Gasteiger partial charge in [-0.2, -0.15) is 4.98 Å². The van der Waals surface area contributed by atoms with Crippen LogP contribution in [0.3, 0.4) is 0 Å². The van der Waals surface area contributed by atoms with E-state index in [1.807, 2.05) is 32.0 Å². The summed E-state index contributed by atoms with van der Waals surface area (Å²) in [5.74, 6) is 2.17. The Bertz CT molecular complexity index is 750. The lowest BCUT2D eigenvalue weighted by Gasteiger charge is -2.28. The molecule has 2 aromatic rings. The van der Waals surface area contributed by atoms with Crippen LogP contribution in [-0.4, -0.2) is 29.1 Å². The standard InChI is InChI=1S/C20H28N4O2/c1-4-18-23-20(26-24-18)15-8-7-13(2)17(11-15)22-19(25)10-14(3)16-6-5-9-21-12-16/h7-8,11,14,16,21H,4-6,9-10,12H2,1-3H3,(H,22,25). The van der Waals surface area contributed by atoms with Crippen LogP contribution in [0.2, 0.25) is 0 Å². The molecule has 2 heterocycles. The summed E-state index contributed by atoms with van der Waals surface area (Å²) in [6, 6.07) is 5.82. The van der Waals surface area contributed by atoms with Crippen LogP contribution in [0, 0.1) is 18.8 Å². The maximum absolute atomic E-state index is 12.5. The van der Waals surface area contributed by atoms with Gasteiger partial charge in [0.05, 0.1) is 0 Å². The van der Waals surface area contributed by atoms with E-state index in [4.69, 9.17) is 4.52 Å². The maximum Gasteiger partial charge on any atom is 0.257 e. The highest BCUT2D eigenvalue weighted by molar-refractivity contribution is 5.92. The van der Waals surface area contributed by atoms with Crippen molar-refractivity contribution in [2.75, 3.05) is 18.4 Å². The Morgan fingerprint density at radius 1 is 1.46 bits per heavy atom. The third-order valence-corrected chi connectivity index (χ3v) is 5.19. The average molecular weight is 356 g/mol. The number of carbonyl (C=O) groups is 1. The number of piperidine rings is 1. The van der Waals surface area contributed by atoms with Crippen molar-refractivity contribution in [2.24, 2.45) is 11.8 Å². The Labute approximate surface area is 154 Å². The van der Waals surface area contributed by atoms with E-state index >= 15 is 0 Å². The number of hydrogen-bond donors (Lipinski definition) is 2. The van der Waals surface area contributed by atoms with Crippen LogP contribution in [0.15, 0.2) is 22.7 Å². The molecule has 2 atom stereocenters. The van der Waals surface area contributed by atoms with Gasteiger partial charge in [0.2, 0.25) is 5.91 Å². The lowest BCUT2D eigenvalue weighted by Crippen LogP contribution is -2.34. The third kappa shape index (κ3) is 4.49. The minimum atomic E-state index is 0.0584. The van der Waals surface area contributed by atoms with Crippen molar-refractivity contribution in [1.29, 1.82) is 0 Å². The molecule has 1 aromatic heterocycles. The molecule has 0 saturated carbocycles. The molecule has 0 aliphatic carbocycles. The largest absolute Gasteiger partial charge is 0.334 e. The van der Waals surface area contributed by atoms with Crippen LogP contribution in [0.1, 0.15) is 44.5 Å². The fourth-order valence-electron chi connectivity index (χ4n) is 3.43. The van der Waals surface area contributed by atoms with Gasteiger partial charge in [-0.1, -0.05) is 25.1 Å². The second-order valence-electron chi connectivity index (χ2n) is 7.24. The Balaban J connectivity index is 1.66. The van der Waals surface area contributed by atoms with E-state index in [9.17, 15) is 4.79 Å². The molecule has 0 bridgehead atoms. The quantitative estimate of drug-likeness (QED) is 0.827. The molecule has 1 saturated heterocycles.